The number of fused-ring (bicyclic) bond motifs is 1. The number of hydrogen-bond acceptors (Lipinski definition) is 3. The van der Waals surface area contributed by atoms with Crippen LogP contribution >= 0.6 is 15.9 Å². The molecule has 0 saturated carbocycles. The van der Waals surface area contributed by atoms with Gasteiger partial charge in [0.1, 0.15) is 6.54 Å². The lowest BCUT2D eigenvalue weighted by atomic mass is 10.1. The standard InChI is InChI=1S/C23H24BrN3O2/c1-16-4-3-5-20(17(16)2)25-10-12-26(13-11-25)23(29)15-27-9-8-22(28)19-7-6-18(24)14-21(19)27/h3-9,14H,10-13,15H2,1-2H3. The number of hydrogen-bond donors (Lipinski definition) is 0. The SMILES string of the molecule is Cc1cccc(N2CCN(C(=O)Cn3ccc(=O)c4ccc(Br)cc43)CC2)c1C. The normalized spacial score (nSPS) is 14.4. The monoisotopic (exact) mass is 453 g/mol. The van der Waals surface area contributed by atoms with Crippen molar-refractivity contribution in [3.8, 4) is 0 Å². The van der Waals surface area contributed by atoms with Crippen molar-refractivity contribution in [1.82, 2.24) is 9.47 Å². The van der Waals surface area contributed by atoms with Crippen molar-refractivity contribution in [2.45, 2.75) is 20.4 Å². The maximum absolute atomic E-state index is 12.9. The molecule has 0 radical (unpaired) electrons. The lowest BCUT2D eigenvalue weighted by Gasteiger charge is -2.37. The molecule has 0 atom stereocenters. The summed E-state index contributed by atoms with van der Waals surface area (Å²) < 4.78 is 2.75. The molecule has 1 aromatic heterocycles. The number of aryl methyl sites for hydroxylation is 1. The molecule has 150 valence electrons. The fraction of sp³-hybridized carbons (Fsp3) is 0.304. The van der Waals surface area contributed by atoms with Crippen molar-refractivity contribution in [2.75, 3.05) is 31.1 Å². The van der Waals surface area contributed by atoms with Crippen LogP contribution in [0.2, 0.25) is 0 Å². The first-order valence-electron chi connectivity index (χ1n) is 9.82. The Labute approximate surface area is 178 Å². The van der Waals surface area contributed by atoms with Gasteiger partial charge in [0.2, 0.25) is 5.91 Å². The molecule has 1 aliphatic rings. The van der Waals surface area contributed by atoms with Crippen molar-refractivity contribution in [2.24, 2.45) is 0 Å². The Balaban J connectivity index is 1.48. The van der Waals surface area contributed by atoms with Crippen molar-refractivity contribution in [1.29, 1.82) is 0 Å². The van der Waals surface area contributed by atoms with E-state index in [1.807, 2.05) is 21.6 Å². The summed E-state index contributed by atoms with van der Waals surface area (Å²) in [6, 6.07) is 13.4. The Hall–Kier alpha value is -2.60. The van der Waals surface area contributed by atoms with Gasteiger partial charge < -0.3 is 14.4 Å². The summed E-state index contributed by atoms with van der Waals surface area (Å²) in [6.07, 6.45) is 1.71. The van der Waals surface area contributed by atoms with Crippen LogP contribution < -0.4 is 10.3 Å². The van der Waals surface area contributed by atoms with E-state index < -0.39 is 0 Å². The van der Waals surface area contributed by atoms with E-state index >= 15 is 0 Å². The number of aromatic nitrogens is 1. The van der Waals surface area contributed by atoms with Gasteiger partial charge in [-0.05, 0) is 49.2 Å². The van der Waals surface area contributed by atoms with E-state index in [1.165, 1.54) is 22.9 Å². The first kappa shape index (κ1) is 19.7. The molecule has 5 nitrogen and oxygen atoms in total. The van der Waals surface area contributed by atoms with E-state index in [1.54, 1.807) is 12.3 Å². The minimum absolute atomic E-state index is 0.0293. The predicted octanol–water partition coefficient (Wildman–Crippen LogP) is 3.73. The molecule has 1 amide bonds. The van der Waals surface area contributed by atoms with Crippen LogP contribution in [0.25, 0.3) is 10.9 Å². The molecular formula is C23H24BrN3O2. The van der Waals surface area contributed by atoms with Gasteiger partial charge in [-0.25, -0.2) is 0 Å². The first-order chi connectivity index (χ1) is 13.9. The number of piperazine rings is 1. The van der Waals surface area contributed by atoms with Gasteiger partial charge in [0.05, 0.1) is 5.52 Å². The summed E-state index contributed by atoms with van der Waals surface area (Å²) in [7, 11) is 0. The summed E-state index contributed by atoms with van der Waals surface area (Å²) in [5, 5.41) is 0.628. The lowest BCUT2D eigenvalue weighted by Crippen LogP contribution is -2.49. The highest BCUT2D eigenvalue weighted by molar-refractivity contribution is 9.10. The van der Waals surface area contributed by atoms with Gasteiger partial charge in [0.25, 0.3) is 0 Å². The minimum atomic E-state index is -0.0293. The van der Waals surface area contributed by atoms with E-state index in [2.05, 4.69) is 52.9 Å². The van der Waals surface area contributed by atoms with Crippen molar-refractivity contribution >= 4 is 38.4 Å². The van der Waals surface area contributed by atoms with Crippen LogP contribution in [0.4, 0.5) is 5.69 Å². The second-order valence-corrected chi connectivity index (χ2v) is 8.47. The molecule has 6 heteroatoms. The van der Waals surface area contributed by atoms with Gasteiger partial charge in [-0.3, -0.25) is 9.59 Å². The number of carbonyl (C=O) groups excluding carboxylic acids is 1. The summed E-state index contributed by atoms with van der Waals surface area (Å²) >= 11 is 3.46. The third-order valence-corrected chi connectivity index (χ3v) is 6.29. The third-order valence-electron chi connectivity index (χ3n) is 5.80. The molecule has 0 N–H and O–H groups in total. The van der Waals surface area contributed by atoms with Gasteiger partial charge in [-0.1, -0.05) is 28.1 Å². The topological polar surface area (TPSA) is 45.5 Å². The average Bonchev–Trinajstić information content (AvgIpc) is 2.72. The smallest absolute Gasteiger partial charge is 0.242 e. The molecule has 1 fully saturated rings. The Morgan fingerprint density at radius 2 is 1.79 bits per heavy atom. The molecule has 2 heterocycles. The molecule has 4 rings (SSSR count). The number of pyridine rings is 1. The zero-order chi connectivity index (χ0) is 20.5. The molecule has 29 heavy (non-hydrogen) atoms. The zero-order valence-corrected chi connectivity index (χ0v) is 18.3. The molecular weight excluding hydrogens is 430 g/mol. The molecule has 0 bridgehead atoms. The molecule has 1 saturated heterocycles. The van der Waals surface area contributed by atoms with E-state index in [0.717, 1.165) is 23.1 Å². The van der Waals surface area contributed by atoms with Crippen molar-refractivity contribution in [3.63, 3.8) is 0 Å². The highest BCUT2D eigenvalue weighted by Crippen LogP contribution is 2.24. The quantitative estimate of drug-likeness (QED) is 0.606. The highest BCUT2D eigenvalue weighted by Gasteiger charge is 2.22. The number of amides is 1. The summed E-state index contributed by atoms with van der Waals surface area (Å²) in [5.41, 5.74) is 4.59. The molecule has 2 aromatic carbocycles. The minimum Gasteiger partial charge on any atom is -0.368 e. The largest absolute Gasteiger partial charge is 0.368 e. The van der Waals surface area contributed by atoms with E-state index in [4.69, 9.17) is 0 Å². The summed E-state index contributed by atoms with van der Waals surface area (Å²) in [6.45, 7) is 7.57. The molecule has 1 aliphatic heterocycles. The Bertz CT molecular complexity index is 1130. The molecule has 0 unspecified atom stereocenters. The maximum atomic E-state index is 12.9. The highest BCUT2D eigenvalue weighted by atomic mass is 79.9. The second-order valence-electron chi connectivity index (χ2n) is 7.56. The lowest BCUT2D eigenvalue weighted by molar-refractivity contribution is -0.132. The van der Waals surface area contributed by atoms with Crippen LogP contribution in [0, 0.1) is 13.8 Å². The fourth-order valence-corrected chi connectivity index (χ4v) is 4.29. The Morgan fingerprint density at radius 1 is 1.03 bits per heavy atom. The van der Waals surface area contributed by atoms with E-state index in [-0.39, 0.29) is 17.9 Å². The number of anilines is 1. The van der Waals surface area contributed by atoms with Crippen LogP contribution in [-0.2, 0) is 11.3 Å². The van der Waals surface area contributed by atoms with E-state index in [0.29, 0.717) is 18.5 Å². The third kappa shape index (κ3) is 3.94. The van der Waals surface area contributed by atoms with Gasteiger partial charge in [-0.2, -0.15) is 0 Å². The number of benzene rings is 2. The Kier molecular flexibility index (Phi) is 5.46. The molecule has 0 aliphatic carbocycles. The molecule has 0 spiro atoms. The molecule has 3 aromatic rings. The fourth-order valence-electron chi connectivity index (χ4n) is 3.94. The first-order valence-corrected chi connectivity index (χ1v) is 10.6. The zero-order valence-electron chi connectivity index (χ0n) is 16.7. The maximum Gasteiger partial charge on any atom is 0.242 e. The van der Waals surface area contributed by atoms with Crippen LogP contribution in [-0.4, -0.2) is 41.6 Å². The van der Waals surface area contributed by atoms with Gasteiger partial charge in [-0.15, -0.1) is 0 Å². The Morgan fingerprint density at radius 3 is 2.55 bits per heavy atom. The summed E-state index contributed by atoms with van der Waals surface area (Å²) in [5.74, 6) is 0.0792. The number of carbonyl (C=O) groups is 1. The number of rotatable bonds is 3. The van der Waals surface area contributed by atoms with Crippen LogP contribution in [0.1, 0.15) is 11.1 Å². The number of halogens is 1. The van der Waals surface area contributed by atoms with Crippen LogP contribution in [0.3, 0.4) is 0 Å². The van der Waals surface area contributed by atoms with Crippen LogP contribution in [0.5, 0.6) is 0 Å². The van der Waals surface area contributed by atoms with Crippen molar-refractivity contribution < 1.29 is 4.79 Å². The number of nitrogens with zero attached hydrogens (tertiary/aromatic N) is 3. The van der Waals surface area contributed by atoms with Gasteiger partial charge in [0.15, 0.2) is 5.43 Å². The van der Waals surface area contributed by atoms with Crippen LogP contribution in [0.15, 0.2) is 57.9 Å². The summed E-state index contributed by atoms with van der Waals surface area (Å²) in [4.78, 5) is 29.3. The van der Waals surface area contributed by atoms with E-state index in [9.17, 15) is 9.59 Å². The predicted molar refractivity (Wildman–Crippen MR) is 121 cm³/mol. The van der Waals surface area contributed by atoms with Crippen molar-refractivity contribution in [3.05, 3.63) is 74.5 Å². The van der Waals surface area contributed by atoms with Gasteiger partial charge in [0, 0.05) is 54.0 Å². The second kappa shape index (κ2) is 8.03. The van der Waals surface area contributed by atoms with Gasteiger partial charge >= 0.3 is 0 Å². The average molecular weight is 454 g/mol.